The van der Waals surface area contributed by atoms with Gasteiger partial charge in [0.25, 0.3) is 0 Å². The van der Waals surface area contributed by atoms with Crippen LogP contribution in [0.2, 0.25) is 0 Å². The van der Waals surface area contributed by atoms with Crippen LogP contribution in [0.25, 0.3) is 0 Å². The van der Waals surface area contributed by atoms with Crippen LogP contribution in [0.3, 0.4) is 0 Å². The Labute approximate surface area is 96.7 Å². The predicted octanol–water partition coefficient (Wildman–Crippen LogP) is 3.35. The molecule has 1 unspecified atom stereocenters. The molecule has 1 heterocycles. The number of fused-ring (bicyclic) bond motifs is 1. The van der Waals surface area contributed by atoms with E-state index in [9.17, 15) is 0 Å². The van der Waals surface area contributed by atoms with Gasteiger partial charge < -0.3 is 5.32 Å². The summed E-state index contributed by atoms with van der Waals surface area (Å²) in [7, 11) is 2.05. The maximum Gasteiger partial charge on any atom is 0.0424 e. The first-order valence-corrected chi connectivity index (χ1v) is 6.45. The molecule has 0 saturated carbocycles. The van der Waals surface area contributed by atoms with Crippen LogP contribution in [0.5, 0.6) is 0 Å². The number of thioether (sulfide) groups is 1. The minimum Gasteiger partial charge on any atom is -0.312 e. The van der Waals surface area contributed by atoms with Crippen molar-refractivity contribution in [1.82, 2.24) is 5.32 Å². The quantitative estimate of drug-likeness (QED) is 0.780. The van der Waals surface area contributed by atoms with Gasteiger partial charge in [-0.05, 0) is 29.7 Å². The van der Waals surface area contributed by atoms with Crippen LogP contribution in [0.1, 0.15) is 37.9 Å². The Bertz CT molecular complexity index is 365. The van der Waals surface area contributed by atoms with Crippen LogP contribution in [-0.4, -0.2) is 12.8 Å². The Kier molecular flexibility index (Phi) is 2.82. The summed E-state index contributed by atoms with van der Waals surface area (Å²) in [6.07, 6.45) is 0. The van der Waals surface area contributed by atoms with Gasteiger partial charge in [-0.2, -0.15) is 0 Å². The second-order valence-corrected chi connectivity index (χ2v) is 6.22. The highest BCUT2D eigenvalue weighted by molar-refractivity contribution is 7.99. The highest BCUT2D eigenvalue weighted by Crippen LogP contribution is 2.39. The normalized spacial score (nSPS) is 20.4. The van der Waals surface area contributed by atoms with Crippen LogP contribution in [-0.2, 0) is 5.41 Å². The van der Waals surface area contributed by atoms with Gasteiger partial charge in [0.15, 0.2) is 0 Å². The minimum absolute atomic E-state index is 0.251. The number of rotatable bonds is 1. The van der Waals surface area contributed by atoms with Gasteiger partial charge in [-0.1, -0.05) is 32.9 Å². The average molecular weight is 221 g/mol. The van der Waals surface area contributed by atoms with Crippen LogP contribution in [0, 0.1) is 0 Å². The number of nitrogens with one attached hydrogen (secondary N) is 1. The van der Waals surface area contributed by atoms with Gasteiger partial charge in [0, 0.05) is 16.7 Å². The molecule has 2 heteroatoms. The molecule has 0 radical (unpaired) electrons. The summed E-state index contributed by atoms with van der Waals surface area (Å²) >= 11 is 1.96. The summed E-state index contributed by atoms with van der Waals surface area (Å²) in [6.45, 7) is 6.81. The molecular weight excluding hydrogens is 202 g/mol. The second-order valence-electron chi connectivity index (χ2n) is 5.15. The largest absolute Gasteiger partial charge is 0.312 e. The van der Waals surface area contributed by atoms with E-state index in [4.69, 9.17) is 0 Å². The molecule has 1 aromatic carbocycles. The van der Waals surface area contributed by atoms with E-state index in [1.165, 1.54) is 21.8 Å². The molecule has 0 amide bonds. The SMILES string of the molecule is CNC1CSc2ccc(C(C)(C)C)cc21. The Morgan fingerprint density at radius 1 is 1.33 bits per heavy atom. The zero-order chi connectivity index (χ0) is 11.1. The van der Waals surface area contributed by atoms with Gasteiger partial charge in [-0.15, -0.1) is 11.8 Å². The summed E-state index contributed by atoms with van der Waals surface area (Å²) in [6, 6.07) is 7.45. The Balaban J connectivity index is 2.41. The van der Waals surface area contributed by atoms with Crippen molar-refractivity contribution < 1.29 is 0 Å². The summed E-state index contributed by atoms with van der Waals surface area (Å²) in [5.41, 5.74) is 3.17. The predicted molar refractivity (Wildman–Crippen MR) is 67.7 cm³/mol. The van der Waals surface area contributed by atoms with Crippen LogP contribution in [0.15, 0.2) is 23.1 Å². The first kappa shape index (κ1) is 11.0. The lowest BCUT2D eigenvalue weighted by atomic mass is 9.85. The lowest BCUT2D eigenvalue weighted by Crippen LogP contribution is -2.17. The zero-order valence-electron chi connectivity index (χ0n) is 9.92. The summed E-state index contributed by atoms with van der Waals surface area (Å²) < 4.78 is 0. The molecule has 1 atom stereocenters. The third-order valence-electron chi connectivity index (χ3n) is 3.01. The van der Waals surface area contributed by atoms with E-state index in [0.29, 0.717) is 6.04 Å². The topological polar surface area (TPSA) is 12.0 Å². The van der Waals surface area contributed by atoms with Gasteiger partial charge in [-0.3, -0.25) is 0 Å². The maximum absolute atomic E-state index is 3.38. The van der Waals surface area contributed by atoms with E-state index in [0.717, 1.165) is 0 Å². The highest BCUT2D eigenvalue weighted by atomic mass is 32.2. The molecule has 0 bridgehead atoms. The van der Waals surface area contributed by atoms with Gasteiger partial charge in [0.05, 0.1) is 0 Å². The van der Waals surface area contributed by atoms with E-state index in [-0.39, 0.29) is 5.41 Å². The van der Waals surface area contributed by atoms with Crippen molar-refractivity contribution in [2.45, 2.75) is 37.1 Å². The standard InChI is InChI=1S/C13H19NS/c1-13(2,3)9-5-6-12-10(7-9)11(14-4)8-15-12/h5-7,11,14H,8H2,1-4H3. The Morgan fingerprint density at radius 3 is 2.67 bits per heavy atom. The Hall–Kier alpha value is -0.470. The van der Waals surface area contributed by atoms with Gasteiger partial charge in [-0.25, -0.2) is 0 Å². The van der Waals surface area contributed by atoms with Crippen molar-refractivity contribution in [2.24, 2.45) is 0 Å². The molecule has 0 fully saturated rings. The van der Waals surface area contributed by atoms with E-state index in [1.54, 1.807) is 0 Å². The van der Waals surface area contributed by atoms with E-state index in [2.05, 4.69) is 44.3 Å². The summed E-state index contributed by atoms with van der Waals surface area (Å²) in [4.78, 5) is 1.45. The highest BCUT2D eigenvalue weighted by Gasteiger charge is 2.24. The maximum atomic E-state index is 3.38. The van der Waals surface area contributed by atoms with Crippen molar-refractivity contribution in [2.75, 3.05) is 12.8 Å². The van der Waals surface area contributed by atoms with Crippen LogP contribution < -0.4 is 5.32 Å². The van der Waals surface area contributed by atoms with E-state index in [1.807, 2.05) is 18.8 Å². The summed E-state index contributed by atoms with van der Waals surface area (Å²) in [5.74, 6) is 1.17. The molecule has 0 saturated heterocycles. The lowest BCUT2D eigenvalue weighted by molar-refractivity contribution is 0.584. The third-order valence-corrected chi connectivity index (χ3v) is 4.19. The van der Waals surface area contributed by atoms with Crippen molar-refractivity contribution in [3.05, 3.63) is 29.3 Å². The lowest BCUT2D eigenvalue weighted by Gasteiger charge is -2.21. The van der Waals surface area contributed by atoms with Gasteiger partial charge in [0.2, 0.25) is 0 Å². The molecular formula is C13H19NS. The van der Waals surface area contributed by atoms with E-state index < -0.39 is 0 Å². The van der Waals surface area contributed by atoms with Crippen LogP contribution >= 0.6 is 11.8 Å². The average Bonchev–Trinajstić information content (AvgIpc) is 2.57. The van der Waals surface area contributed by atoms with Crippen LogP contribution in [0.4, 0.5) is 0 Å². The molecule has 0 aromatic heterocycles. The summed E-state index contributed by atoms with van der Waals surface area (Å²) in [5, 5.41) is 3.38. The molecule has 2 rings (SSSR count). The third kappa shape index (κ3) is 2.06. The molecule has 1 aliphatic rings. The molecule has 0 spiro atoms. The smallest absolute Gasteiger partial charge is 0.0424 e. The van der Waals surface area contributed by atoms with Crippen molar-refractivity contribution in [3.8, 4) is 0 Å². The number of hydrogen-bond donors (Lipinski definition) is 1. The van der Waals surface area contributed by atoms with Crippen molar-refractivity contribution in [1.29, 1.82) is 0 Å². The van der Waals surface area contributed by atoms with Crippen molar-refractivity contribution >= 4 is 11.8 Å². The molecule has 1 nitrogen and oxygen atoms in total. The Morgan fingerprint density at radius 2 is 2.07 bits per heavy atom. The minimum atomic E-state index is 0.251. The molecule has 0 aliphatic carbocycles. The van der Waals surface area contributed by atoms with Gasteiger partial charge in [0.1, 0.15) is 0 Å². The van der Waals surface area contributed by atoms with Crippen molar-refractivity contribution in [3.63, 3.8) is 0 Å². The first-order chi connectivity index (χ1) is 7.02. The number of hydrogen-bond acceptors (Lipinski definition) is 2. The molecule has 1 aromatic rings. The fourth-order valence-corrected chi connectivity index (χ4v) is 3.15. The molecule has 15 heavy (non-hydrogen) atoms. The van der Waals surface area contributed by atoms with Gasteiger partial charge >= 0.3 is 0 Å². The molecule has 1 aliphatic heterocycles. The fourth-order valence-electron chi connectivity index (χ4n) is 1.92. The molecule has 82 valence electrons. The van der Waals surface area contributed by atoms with E-state index >= 15 is 0 Å². The number of benzene rings is 1. The zero-order valence-corrected chi connectivity index (χ0v) is 10.7. The fraction of sp³-hybridized carbons (Fsp3) is 0.538. The molecule has 1 N–H and O–H groups in total. The second kappa shape index (κ2) is 3.84. The first-order valence-electron chi connectivity index (χ1n) is 5.47. The monoisotopic (exact) mass is 221 g/mol.